The number of nitrogens with one attached hydrogen (secondary N) is 1. The van der Waals surface area contributed by atoms with E-state index >= 15 is 0 Å². The number of alkyl carbamates (subject to hydrolysis) is 1. The van der Waals surface area contributed by atoms with Gasteiger partial charge < -0.3 is 14.8 Å². The minimum Gasteiger partial charge on any atom is -0.494 e. The van der Waals surface area contributed by atoms with Crippen molar-refractivity contribution < 1.29 is 14.3 Å². The number of hydrogen-bond acceptors (Lipinski definition) is 3. The van der Waals surface area contributed by atoms with Gasteiger partial charge in [0.1, 0.15) is 12.4 Å². The maximum atomic E-state index is 11.4. The van der Waals surface area contributed by atoms with Crippen molar-refractivity contribution in [2.75, 3.05) is 13.2 Å². The molecule has 0 bridgehead atoms. The van der Waals surface area contributed by atoms with Crippen LogP contribution in [-0.2, 0) is 4.74 Å². The third-order valence-electron chi connectivity index (χ3n) is 3.12. The summed E-state index contributed by atoms with van der Waals surface area (Å²) in [4.78, 5) is 11.4. The van der Waals surface area contributed by atoms with E-state index in [0.717, 1.165) is 11.3 Å². The molecule has 1 aromatic rings. The average molecular weight is 286 g/mol. The van der Waals surface area contributed by atoms with E-state index in [-0.39, 0.29) is 30.0 Å². The van der Waals surface area contributed by atoms with Crippen LogP contribution in [-0.4, -0.2) is 19.3 Å². The highest BCUT2D eigenvalue weighted by Gasteiger charge is 2.37. The number of benzene rings is 1. The van der Waals surface area contributed by atoms with Crippen LogP contribution in [0, 0.1) is 5.41 Å². The van der Waals surface area contributed by atoms with Gasteiger partial charge in [0.2, 0.25) is 0 Å². The Labute approximate surface area is 119 Å². The second-order valence-electron chi connectivity index (χ2n) is 5.15. The highest BCUT2D eigenvalue weighted by molar-refractivity contribution is 5.85. The average Bonchev–Trinajstić information content (AvgIpc) is 2.33. The van der Waals surface area contributed by atoms with Gasteiger partial charge in [0.05, 0.1) is 12.6 Å². The van der Waals surface area contributed by atoms with Gasteiger partial charge in [-0.05, 0) is 24.6 Å². The largest absolute Gasteiger partial charge is 0.494 e. The number of carbonyl (C=O) groups is 1. The molecule has 0 saturated carbocycles. The number of hydrogen-bond donors (Lipinski definition) is 1. The summed E-state index contributed by atoms with van der Waals surface area (Å²) in [5, 5.41) is 2.88. The van der Waals surface area contributed by atoms with E-state index in [9.17, 15) is 4.79 Å². The van der Waals surface area contributed by atoms with Crippen molar-refractivity contribution in [3.05, 3.63) is 29.8 Å². The Morgan fingerprint density at radius 3 is 2.89 bits per heavy atom. The number of cyclic esters (lactones) is 1. The molecule has 0 radical (unpaired) electrons. The highest BCUT2D eigenvalue weighted by Crippen LogP contribution is 2.37. The van der Waals surface area contributed by atoms with Gasteiger partial charge in [0, 0.05) is 5.41 Å². The SMILES string of the molecule is CCOc1cccc([C@@H]2NC(=O)OCC2(C)C)c1.Cl. The first-order valence-electron chi connectivity index (χ1n) is 6.19. The van der Waals surface area contributed by atoms with Gasteiger partial charge in [0.25, 0.3) is 0 Å². The molecule has 0 aromatic heterocycles. The van der Waals surface area contributed by atoms with Gasteiger partial charge in [-0.15, -0.1) is 12.4 Å². The molecule has 1 aliphatic heterocycles. The van der Waals surface area contributed by atoms with Crippen LogP contribution in [0.25, 0.3) is 0 Å². The Morgan fingerprint density at radius 2 is 2.21 bits per heavy atom. The molecule has 0 unspecified atom stereocenters. The zero-order valence-corrected chi connectivity index (χ0v) is 12.3. The molecule has 1 amide bonds. The predicted octanol–water partition coefficient (Wildman–Crippen LogP) is 3.31. The predicted molar refractivity (Wildman–Crippen MR) is 75.9 cm³/mol. The molecule has 0 spiro atoms. The van der Waals surface area contributed by atoms with E-state index in [2.05, 4.69) is 19.2 Å². The van der Waals surface area contributed by atoms with Crippen LogP contribution in [0.2, 0.25) is 0 Å². The fraction of sp³-hybridized carbons (Fsp3) is 0.500. The molecule has 106 valence electrons. The lowest BCUT2D eigenvalue weighted by molar-refractivity contribution is 0.0386. The Hall–Kier alpha value is -1.42. The second kappa shape index (κ2) is 6.15. The molecule has 5 heteroatoms. The van der Waals surface area contributed by atoms with Gasteiger partial charge >= 0.3 is 6.09 Å². The Bertz CT molecular complexity index is 448. The van der Waals surface area contributed by atoms with Gasteiger partial charge in [0.15, 0.2) is 0 Å². The standard InChI is InChI=1S/C14H19NO3.ClH/c1-4-17-11-7-5-6-10(8-11)12-14(2,3)9-18-13(16)15-12;/h5-8,12H,4,9H2,1-3H3,(H,15,16);1H/t12-;/m0./s1. The Kier molecular flexibility index (Phi) is 5.06. The zero-order valence-electron chi connectivity index (χ0n) is 11.4. The Morgan fingerprint density at radius 1 is 1.47 bits per heavy atom. The van der Waals surface area contributed by atoms with E-state index in [4.69, 9.17) is 9.47 Å². The summed E-state index contributed by atoms with van der Waals surface area (Å²) in [5.41, 5.74) is 0.904. The maximum Gasteiger partial charge on any atom is 0.407 e. The molecule has 1 aromatic carbocycles. The van der Waals surface area contributed by atoms with Crippen LogP contribution in [0.3, 0.4) is 0 Å². The van der Waals surface area contributed by atoms with Crippen LogP contribution in [0.15, 0.2) is 24.3 Å². The monoisotopic (exact) mass is 285 g/mol. The first-order valence-corrected chi connectivity index (χ1v) is 6.19. The fourth-order valence-electron chi connectivity index (χ4n) is 2.17. The van der Waals surface area contributed by atoms with Crippen LogP contribution in [0.4, 0.5) is 4.79 Å². The van der Waals surface area contributed by atoms with Gasteiger partial charge in [-0.25, -0.2) is 4.79 Å². The molecule has 1 saturated heterocycles. The first kappa shape index (κ1) is 15.6. The summed E-state index contributed by atoms with van der Waals surface area (Å²) in [6.07, 6.45) is -0.360. The van der Waals surface area contributed by atoms with Crippen LogP contribution in [0.1, 0.15) is 32.4 Å². The lowest BCUT2D eigenvalue weighted by Gasteiger charge is -2.38. The van der Waals surface area contributed by atoms with E-state index < -0.39 is 0 Å². The van der Waals surface area contributed by atoms with Gasteiger partial charge in [-0.1, -0.05) is 26.0 Å². The summed E-state index contributed by atoms with van der Waals surface area (Å²) in [6.45, 7) is 7.15. The smallest absolute Gasteiger partial charge is 0.407 e. The molecule has 1 heterocycles. The molecular formula is C14H20ClNO3. The van der Waals surface area contributed by atoms with Crippen molar-refractivity contribution >= 4 is 18.5 Å². The summed E-state index contributed by atoms with van der Waals surface area (Å²) >= 11 is 0. The third kappa shape index (κ3) is 3.53. The minimum atomic E-state index is -0.360. The molecule has 0 aliphatic carbocycles. The summed E-state index contributed by atoms with van der Waals surface area (Å²) in [6, 6.07) is 7.78. The van der Waals surface area contributed by atoms with Crippen LogP contribution in [0.5, 0.6) is 5.75 Å². The maximum absolute atomic E-state index is 11.4. The number of amides is 1. The molecular weight excluding hydrogens is 266 g/mol. The number of rotatable bonds is 3. The molecule has 4 nitrogen and oxygen atoms in total. The second-order valence-corrected chi connectivity index (χ2v) is 5.15. The summed E-state index contributed by atoms with van der Waals surface area (Å²) in [7, 11) is 0. The topological polar surface area (TPSA) is 47.6 Å². The van der Waals surface area contributed by atoms with Crippen molar-refractivity contribution in [2.24, 2.45) is 5.41 Å². The van der Waals surface area contributed by atoms with Crippen LogP contribution < -0.4 is 10.1 Å². The molecule has 1 atom stereocenters. The van der Waals surface area contributed by atoms with Crippen molar-refractivity contribution in [2.45, 2.75) is 26.8 Å². The molecule has 1 N–H and O–H groups in total. The number of halogens is 1. The molecule has 2 rings (SSSR count). The lowest BCUT2D eigenvalue weighted by Crippen LogP contribution is -2.46. The van der Waals surface area contributed by atoms with Crippen LogP contribution >= 0.6 is 12.4 Å². The van der Waals surface area contributed by atoms with Crippen molar-refractivity contribution in [3.8, 4) is 5.75 Å². The highest BCUT2D eigenvalue weighted by atomic mass is 35.5. The normalized spacial score (nSPS) is 20.8. The molecule has 1 aliphatic rings. The number of ether oxygens (including phenoxy) is 2. The lowest BCUT2D eigenvalue weighted by atomic mass is 9.80. The zero-order chi connectivity index (χ0) is 13.2. The minimum absolute atomic E-state index is 0. The van der Waals surface area contributed by atoms with Gasteiger partial charge in [-0.3, -0.25) is 0 Å². The van der Waals surface area contributed by atoms with E-state index in [1.165, 1.54) is 0 Å². The fourth-order valence-corrected chi connectivity index (χ4v) is 2.17. The summed E-state index contributed by atoms with van der Waals surface area (Å²) in [5.74, 6) is 0.826. The molecule has 1 fully saturated rings. The quantitative estimate of drug-likeness (QED) is 0.927. The van der Waals surface area contributed by atoms with Gasteiger partial charge in [-0.2, -0.15) is 0 Å². The van der Waals surface area contributed by atoms with E-state index in [1.54, 1.807) is 0 Å². The van der Waals surface area contributed by atoms with Crippen molar-refractivity contribution in [3.63, 3.8) is 0 Å². The summed E-state index contributed by atoms with van der Waals surface area (Å²) < 4.78 is 10.5. The first-order chi connectivity index (χ1) is 8.53. The Balaban J connectivity index is 0.00000180. The molecule has 19 heavy (non-hydrogen) atoms. The van der Waals surface area contributed by atoms with E-state index in [1.807, 2.05) is 31.2 Å². The van der Waals surface area contributed by atoms with Crippen molar-refractivity contribution in [1.29, 1.82) is 0 Å². The number of carbonyl (C=O) groups excluding carboxylic acids is 1. The van der Waals surface area contributed by atoms with E-state index in [0.29, 0.717) is 13.2 Å². The van der Waals surface area contributed by atoms with Crippen molar-refractivity contribution in [1.82, 2.24) is 5.32 Å². The third-order valence-corrected chi connectivity index (χ3v) is 3.12.